The monoisotopic (exact) mass is 341 g/mol. The molecule has 0 aromatic heterocycles. The number of carboxylic acids is 1. The lowest BCUT2D eigenvalue weighted by Gasteiger charge is -2.26. The summed E-state index contributed by atoms with van der Waals surface area (Å²) in [5, 5.41) is 8.94. The summed E-state index contributed by atoms with van der Waals surface area (Å²) >= 11 is 0. The fourth-order valence-corrected chi connectivity index (χ4v) is 2.85. The first kappa shape index (κ1) is 17.5. The second-order valence-corrected chi connectivity index (χ2v) is 6.06. The number of ether oxygens (including phenoxy) is 2. The van der Waals surface area contributed by atoms with Gasteiger partial charge in [0.1, 0.15) is 5.75 Å². The number of benzene rings is 2. The first-order chi connectivity index (χ1) is 12.2. The van der Waals surface area contributed by atoms with Crippen LogP contribution in [0.25, 0.3) is 11.1 Å². The molecule has 0 atom stereocenters. The van der Waals surface area contributed by atoms with Gasteiger partial charge < -0.3 is 14.6 Å². The summed E-state index contributed by atoms with van der Waals surface area (Å²) in [6, 6.07) is 14.8. The molecule has 1 aliphatic heterocycles. The molecule has 2 aromatic rings. The number of carbonyl (C=O) groups is 1. The molecule has 5 heteroatoms. The van der Waals surface area contributed by atoms with Gasteiger partial charge in [0.15, 0.2) is 0 Å². The predicted octanol–water partition coefficient (Wildman–Crippen LogP) is 3.15. The summed E-state index contributed by atoms with van der Waals surface area (Å²) in [7, 11) is 0. The Labute approximate surface area is 147 Å². The molecule has 1 fully saturated rings. The van der Waals surface area contributed by atoms with Gasteiger partial charge in [0, 0.05) is 19.6 Å². The van der Waals surface area contributed by atoms with E-state index in [0.29, 0.717) is 12.2 Å². The van der Waals surface area contributed by atoms with Crippen LogP contribution in [0.3, 0.4) is 0 Å². The van der Waals surface area contributed by atoms with Gasteiger partial charge in [0.25, 0.3) is 0 Å². The van der Waals surface area contributed by atoms with Crippen LogP contribution < -0.4 is 4.74 Å². The molecule has 1 N–H and O–H groups in total. The van der Waals surface area contributed by atoms with E-state index in [1.807, 2.05) is 36.4 Å². The van der Waals surface area contributed by atoms with Gasteiger partial charge in [0.2, 0.25) is 0 Å². The third-order valence-corrected chi connectivity index (χ3v) is 4.31. The van der Waals surface area contributed by atoms with Crippen LogP contribution in [0.2, 0.25) is 0 Å². The highest BCUT2D eigenvalue weighted by molar-refractivity contribution is 5.88. The Bertz CT molecular complexity index is 676. The van der Waals surface area contributed by atoms with E-state index in [2.05, 4.69) is 4.90 Å². The van der Waals surface area contributed by atoms with E-state index in [1.54, 1.807) is 12.1 Å². The van der Waals surface area contributed by atoms with Crippen LogP contribution in [0, 0.1) is 0 Å². The number of morpholine rings is 1. The zero-order valence-corrected chi connectivity index (χ0v) is 14.2. The van der Waals surface area contributed by atoms with Crippen LogP contribution in [0.1, 0.15) is 16.8 Å². The van der Waals surface area contributed by atoms with Crippen LogP contribution in [0.15, 0.2) is 48.5 Å². The van der Waals surface area contributed by atoms with Crippen molar-refractivity contribution in [2.24, 2.45) is 0 Å². The smallest absolute Gasteiger partial charge is 0.335 e. The number of aromatic carboxylic acids is 1. The molecule has 0 bridgehead atoms. The summed E-state index contributed by atoms with van der Waals surface area (Å²) in [5.74, 6) is -0.0553. The quantitative estimate of drug-likeness (QED) is 0.784. The highest BCUT2D eigenvalue weighted by atomic mass is 16.5. The average molecular weight is 341 g/mol. The molecule has 0 radical (unpaired) electrons. The van der Waals surface area contributed by atoms with E-state index in [4.69, 9.17) is 14.6 Å². The number of carboxylic acid groups (broad SMARTS) is 1. The Morgan fingerprint density at radius 3 is 2.20 bits per heavy atom. The van der Waals surface area contributed by atoms with E-state index in [1.165, 1.54) is 0 Å². The molecule has 1 aliphatic rings. The maximum absolute atomic E-state index is 10.9. The molecule has 25 heavy (non-hydrogen) atoms. The molecule has 5 nitrogen and oxygen atoms in total. The summed E-state index contributed by atoms with van der Waals surface area (Å²) in [6.45, 7) is 5.41. The maximum atomic E-state index is 10.9. The lowest BCUT2D eigenvalue weighted by molar-refractivity contribution is 0.0358. The van der Waals surface area contributed by atoms with E-state index in [0.717, 1.165) is 56.1 Å². The SMILES string of the molecule is O=C(O)c1ccc(-c2ccc(OCCCN3CCOCC3)cc2)cc1. The van der Waals surface area contributed by atoms with Crippen molar-refractivity contribution < 1.29 is 19.4 Å². The molecule has 1 heterocycles. The Morgan fingerprint density at radius 2 is 1.60 bits per heavy atom. The second kappa shape index (κ2) is 8.65. The predicted molar refractivity (Wildman–Crippen MR) is 96.2 cm³/mol. The van der Waals surface area contributed by atoms with Gasteiger partial charge in [-0.15, -0.1) is 0 Å². The standard InChI is InChI=1S/C20H23NO4/c22-20(23)18-4-2-16(3-5-18)17-6-8-19(9-7-17)25-13-1-10-21-11-14-24-15-12-21/h2-9H,1,10-15H2,(H,22,23). The van der Waals surface area contributed by atoms with Crippen LogP contribution in [0.5, 0.6) is 5.75 Å². The lowest BCUT2D eigenvalue weighted by atomic mass is 10.0. The van der Waals surface area contributed by atoms with Gasteiger partial charge in [-0.3, -0.25) is 4.90 Å². The van der Waals surface area contributed by atoms with Crippen LogP contribution in [-0.2, 0) is 4.74 Å². The minimum Gasteiger partial charge on any atom is -0.494 e. The maximum Gasteiger partial charge on any atom is 0.335 e. The molecule has 1 saturated heterocycles. The van der Waals surface area contributed by atoms with Gasteiger partial charge >= 0.3 is 5.97 Å². The summed E-state index contributed by atoms with van der Waals surface area (Å²) in [5.41, 5.74) is 2.32. The van der Waals surface area contributed by atoms with Crippen molar-refractivity contribution in [2.75, 3.05) is 39.5 Å². The van der Waals surface area contributed by atoms with Gasteiger partial charge in [-0.1, -0.05) is 24.3 Å². The molecule has 0 spiro atoms. The minimum atomic E-state index is -0.910. The molecule has 0 aliphatic carbocycles. The topological polar surface area (TPSA) is 59.0 Å². The molecule has 3 rings (SSSR count). The summed E-state index contributed by atoms with van der Waals surface area (Å²) in [6.07, 6.45) is 0.998. The second-order valence-electron chi connectivity index (χ2n) is 6.06. The molecular weight excluding hydrogens is 318 g/mol. The Kier molecular flexibility index (Phi) is 6.04. The number of rotatable bonds is 7. The molecular formula is C20H23NO4. The Morgan fingerprint density at radius 1 is 1.00 bits per heavy atom. The lowest BCUT2D eigenvalue weighted by Crippen LogP contribution is -2.37. The van der Waals surface area contributed by atoms with Gasteiger partial charge in [-0.2, -0.15) is 0 Å². The Hall–Kier alpha value is -2.37. The zero-order valence-electron chi connectivity index (χ0n) is 14.2. The van der Waals surface area contributed by atoms with Crippen molar-refractivity contribution in [2.45, 2.75) is 6.42 Å². The van der Waals surface area contributed by atoms with Crippen molar-refractivity contribution in [3.63, 3.8) is 0 Å². The van der Waals surface area contributed by atoms with Gasteiger partial charge in [-0.05, 0) is 41.8 Å². The third kappa shape index (κ3) is 5.05. The van der Waals surface area contributed by atoms with Gasteiger partial charge in [0.05, 0.1) is 25.4 Å². The number of hydrogen-bond acceptors (Lipinski definition) is 4. The van der Waals surface area contributed by atoms with E-state index in [9.17, 15) is 4.79 Å². The van der Waals surface area contributed by atoms with Crippen LogP contribution in [0.4, 0.5) is 0 Å². The third-order valence-electron chi connectivity index (χ3n) is 4.31. The van der Waals surface area contributed by atoms with E-state index >= 15 is 0 Å². The first-order valence-electron chi connectivity index (χ1n) is 8.59. The first-order valence-corrected chi connectivity index (χ1v) is 8.59. The fraction of sp³-hybridized carbons (Fsp3) is 0.350. The largest absolute Gasteiger partial charge is 0.494 e. The van der Waals surface area contributed by atoms with Crippen LogP contribution in [-0.4, -0.2) is 55.4 Å². The molecule has 0 saturated carbocycles. The molecule has 132 valence electrons. The van der Waals surface area contributed by atoms with Crippen molar-refractivity contribution in [1.82, 2.24) is 4.90 Å². The van der Waals surface area contributed by atoms with E-state index < -0.39 is 5.97 Å². The van der Waals surface area contributed by atoms with Crippen molar-refractivity contribution in [1.29, 1.82) is 0 Å². The summed E-state index contributed by atoms with van der Waals surface area (Å²) < 4.78 is 11.1. The summed E-state index contributed by atoms with van der Waals surface area (Å²) in [4.78, 5) is 13.3. The highest BCUT2D eigenvalue weighted by Crippen LogP contribution is 2.23. The van der Waals surface area contributed by atoms with Gasteiger partial charge in [-0.25, -0.2) is 4.79 Å². The van der Waals surface area contributed by atoms with Crippen molar-refractivity contribution in [3.05, 3.63) is 54.1 Å². The highest BCUT2D eigenvalue weighted by Gasteiger charge is 2.09. The molecule has 2 aromatic carbocycles. The Balaban J connectivity index is 1.47. The average Bonchev–Trinajstić information content (AvgIpc) is 2.67. The molecule has 0 unspecified atom stereocenters. The van der Waals surface area contributed by atoms with Crippen molar-refractivity contribution >= 4 is 5.97 Å². The minimum absolute atomic E-state index is 0.295. The normalized spacial score (nSPS) is 15.0. The number of hydrogen-bond donors (Lipinski definition) is 1. The van der Waals surface area contributed by atoms with Crippen LogP contribution >= 0.6 is 0 Å². The molecule has 0 amide bonds. The van der Waals surface area contributed by atoms with E-state index in [-0.39, 0.29) is 0 Å². The fourth-order valence-electron chi connectivity index (χ4n) is 2.85. The van der Waals surface area contributed by atoms with Crippen molar-refractivity contribution in [3.8, 4) is 16.9 Å². The zero-order chi connectivity index (χ0) is 17.5. The number of nitrogens with zero attached hydrogens (tertiary/aromatic N) is 1.